The number of nitro groups is 1. The van der Waals surface area contributed by atoms with Crippen LogP contribution < -0.4 is 4.90 Å². The van der Waals surface area contributed by atoms with Crippen LogP contribution in [0.4, 0.5) is 17.3 Å². The molecule has 7 rings (SSSR count). The number of carbonyl (C=O) groups excluding carboxylic acids is 1. The Hall–Kier alpha value is -6.76. The zero-order valence-corrected chi connectivity index (χ0v) is 36.4. The van der Waals surface area contributed by atoms with Gasteiger partial charge in [-0.2, -0.15) is 9.84 Å². The van der Waals surface area contributed by atoms with Crippen molar-refractivity contribution in [2.75, 3.05) is 24.6 Å². The number of nitrogens with zero attached hydrogens (tertiary/aromatic N) is 4. The summed E-state index contributed by atoms with van der Waals surface area (Å²) in [7, 11) is 0. The van der Waals surface area contributed by atoms with E-state index in [-0.39, 0.29) is 44.8 Å². The Balaban J connectivity index is 1.42. The molecule has 5 aromatic rings. The minimum absolute atomic E-state index is 0.0725. The Kier molecular flexibility index (Phi) is 12.6. The summed E-state index contributed by atoms with van der Waals surface area (Å²) in [5.74, 6) is 1.94. The van der Waals surface area contributed by atoms with E-state index in [0.717, 1.165) is 74.6 Å². The van der Waals surface area contributed by atoms with Crippen LogP contribution in [0.25, 0.3) is 21.5 Å². The largest absolute Gasteiger partial charge is 0.481 e. The van der Waals surface area contributed by atoms with Crippen LogP contribution in [-0.4, -0.2) is 52.5 Å². The third-order valence-electron chi connectivity index (χ3n) is 11.9. The second-order valence-electron chi connectivity index (χ2n) is 16.1. The molecule has 0 radical (unpaired) electrons. The number of hydrogen-bond acceptors (Lipinski definition) is 8. The number of ether oxygens (including phenoxy) is 1. The van der Waals surface area contributed by atoms with Crippen LogP contribution >= 0.6 is 15.9 Å². The van der Waals surface area contributed by atoms with Crippen molar-refractivity contribution in [1.82, 2.24) is 0 Å². The molecular weight excluding hydrogens is 848 g/mol. The maximum atomic E-state index is 12.1. The number of hydrogen-bond donors (Lipinski definition) is 1. The first kappa shape index (κ1) is 43.3. The number of halogens is 1. The lowest BCUT2D eigenvalue weighted by Crippen LogP contribution is -2.34. The number of aryl methyl sites for hydroxylation is 1. The van der Waals surface area contributed by atoms with Gasteiger partial charge < -0.3 is 19.2 Å². The van der Waals surface area contributed by atoms with E-state index >= 15 is 0 Å². The smallest absolute Gasteiger partial charge is 0.433 e. The van der Waals surface area contributed by atoms with Crippen molar-refractivity contribution >= 4 is 72.9 Å². The number of carboxylic acids is 1. The molecule has 1 unspecified atom stereocenters. The predicted octanol–water partition coefficient (Wildman–Crippen LogP) is 10.5. The molecule has 3 heterocycles. The topological polar surface area (TPSA) is 150 Å². The van der Waals surface area contributed by atoms with Crippen molar-refractivity contribution in [3.05, 3.63) is 145 Å². The Morgan fingerprint density at radius 3 is 2.44 bits per heavy atom. The maximum absolute atomic E-state index is 12.1. The van der Waals surface area contributed by atoms with E-state index in [1.807, 2.05) is 53.1 Å². The number of anilines is 1. The van der Waals surface area contributed by atoms with Crippen LogP contribution in [0, 0.1) is 33.8 Å². The summed E-state index contributed by atoms with van der Waals surface area (Å²) in [6, 6.07) is 27.9. The van der Waals surface area contributed by atoms with E-state index in [2.05, 4.69) is 83.9 Å². The van der Waals surface area contributed by atoms with Gasteiger partial charge in [-0.15, -0.1) is 12.3 Å². The highest BCUT2D eigenvalue weighted by Crippen LogP contribution is 2.53. The minimum Gasteiger partial charge on any atom is -0.481 e. The molecular formula is C50H46BrN4O7+. The summed E-state index contributed by atoms with van der Waals surface area (Å²) in [6.07, 6.45) is 14.8. The van der Waals surface area contributed by atoms with Crippen LogP contribution in [0.15, 0.2) is 117 Å². The Bertz CT molecular complexity index is 2830. The average Bonchev–Trinajstić information content (AvgIpc) is 3.90. The summed E-state index contributed by atoms with van der Waals surface area (Å²) < 4.78 is 13.5. The molecule has 314 valence electrons. The molecule has 1 atom stereocenters. The van der Waals surface area contributed by atoms with Crippen LogP contribution in [0.3, 0.4) is 0 Å². The summed E-state index contributed by atoms with van der Waals surface area (Å²) in [4.78, 5) is 36.7. The molecule has 1 aromatic heterocycles. The quantitative estimate of drug-likeness (QED) is 0.0111. The fourth-order valence-corrected chi connectivity index (χ4v) is 9.79. The van der Waals surface area contributed by atoms with Gasteiger partial charge in [-0.05, 0) is 90.4 Å². The molecule has 11 nitrogen and oxygen atoms in total. The minimum atomic E-state index is -0.950. The van der Waals surface area contributed by atoms with E-state index in [4.69, 9.17) is 15.6 Å². The van der Waals surface area contributed by atoms with Gasteiger partial charge in [-0.25, -0.2) is 0 Å². The number of carboxylic acid groups (broad SMARTS) is 1. The monoisotopic (exact) mass is 893 g/mol. The van der Waals surface area contributed by atoms with Gasteiger partial charge in [-0.3, -0.25) is 19.7 Å². The number of unbranched alkanes of at least 4 members (excludes halogenated alkanes) is 1. The summed E-state index contributed by atoms with van der Waals surface area (Å²) >= 11 is 3.77. The average molecular weight is 895 g/mol. The van der Waals surface area contributed by atoms with E-state index in [1.54, 1.807) is 12.1 Å². The van der Waals surface area contributed by atoms with Crippen molar-refractivity contribution in [1.29, 1.82) is 5.26 Å². The SMILES string of the molecule is C#CCC1(Cc2ccc([N+](=O)[O-])o2)/C(=C/C=C(Br)/C=C(\C#N)C2=[N+](CCC(=O)O)c3c(c4ccccc4c4ccccc34)C2(C)C)N(CCOC=O)c2ccc(CCCC)cc21. The van der Waals surface area contributed by atoms with Gasteiger partial charge in [0.05, 0.1) is 28.8 Å². The highest BCUT2D eigenvalue weighted by atomic mass is 79.9. The number of allylic oxidation sites excluding steroid dienone is 6. The summed E-state index contributed by atoms with van der Waals surface area (Å²) in [5, 5.41) is 36.7. The number of furan rings is 1. The van der Waals surface area contributed by atoms with Crippen LogP contribution in [0.5, 0.6) is 0 Å². The third-order valence-corrected chi connectivity index (χ3v) is 12.4. The summed E-state index contributed by atoms with van der Waals surface area (Å²) in [6.45, 7) is 7.18. The first-order valence-electron chi connectivity index (χ1n) is 20.5. The number of benzene rings is 4. The van der Waals surface area contributed by atoms with E-state index in [9.17, 15) is 30.1 Å². The molecule has 2 aliphatic heterocycles. The molecule has 4 aromatic carbocycles. The molecule has 0 saturated heterocycles. The summed E-state index contributed by atoms with van der Waals surface area (Å²) in [5.41, 5.74) is 4.92. The maximum Gasteiger partial charge on any atom is 0.433 e. The fraction of sp³-hybridized carbons (Fsp3) is 0.280. The standard InChI is InChI=1S/C50H45BrN4O7/c1-5-7-12-33-17-20-42-41(28-33)50(24-6-2,30-36-19-22-44(62-36)55(59)60)43(53(42)26-27-61-32-56)21-18-35(51)29-34(31-52)48-49(3,4)46-39-15-10-8-13-37(39)38-14-9-11-16-40(38)47(46)54(48)25-23-45(57)58/h2,8-11,13-22,28-29,32H,5,7,12,23-27,30H2,1,3-4H3/p+1. The van der Waals surface area contributed by atoms with Crippen LogP contribution in [-0.2, 0) is 38.0 Å². The zero-order valence-electron chi connectivity index (χ0n) is 34.8. The van der Waals surface area contributed by atoms with Gasteiger partial charge in [0, 0.05) is 34.3 Å². The zero-order chi connectivity index (χ0) is 44.2. The van der Waals surface area contributed by atoms with Crippen LogP contribution in [0.1, 0.15) is 68.9 Å². The van der Waals surface area contributed by atoms with Crippen molar-refractivity contribution in [3.63, 3.8) is 0 Å². The van der Waals surface area contributed by atoms with Gasteiger partial charge in [0.15, 0.2) is 6.54 Å². The normalized spacial score (nSPS) is 17.6. The van der Waals surface area contributed by atoms with Gasteiger partial charge in [0.25, 0.3) is 6.47 Å². The second-order valence-corrected chi connectivity index (χ2v) is 17.0. The molecule has 0 saturated carbocycles. The highest BCUT2D eigenvalue weighted by Gasteiger charge is 2.50. The molecule has 62 heavy (non-hydrogen) atoms. The molecule has 12 heteroatoms. The highest BCUT2D eigenvalue weighted by molar-refractivity contribution is 9.11. The van der Waals surface area contributed by atoms with E-state index in [0.29, 0.717) is 28.0 Å². The first-order valence-corrected chi connectivity index (χ1v) is 21.3. The van der Waals surface area contributed by atoms with E-state index in [1.165, 1.54) is 6.07 Å². The molecule has 2 aliphatic rings. The Morgan fingerprint density at radius 1 is 1.08 bits per heavy atom. The third kappa shape index (κ3) is 7.94. The molecule has 0 aliphatic carbocycles. The Labute approximate surface area is 368 Å². The van der Waals surface area contributed by atoms with Crippen molar-refractivity contribution in [2.45, 2.75) is 70.1 Å². The van der Waals surface area contributed by atoms with Gasteiger partial charge in [0.1, 0.15) is 35.4 Å². The Morgan fingerprint density at radius 2 is 1.79 bits per heavy atom. The van der Waals surface area contributed by atoms with Crippen molar-refractivity contribution < 1.29 is 33.3 Å². The van der Waals surface area contributed by atoms with Gasteiger partial charge in [0.2, 0.25) is 11.4 Å². The van der Waals surface area contributed by atoms with E-state index < -0.39 is 21.7 Å². The number of terminal acetylenes is 1. The van der Waals surface area contributed by atoms with Crippen LogP contribution in [0.2, 0.25) is 0 Å². The number of rotatable bonds is 17. The van der Waals surface area contributed by atoms with Crippen molar-refractivity contribution in [2.24, 2.45) is 0 Å². The van der Waals surface area contributed by atoms with Crippen molar-refractivity contribution in [3.8, 4) is 18.4 Å². The number of carbonyl (C=O) groups is 2. The number of fused-ring (bicyclic) bond motifs is 7. The molecule has 0 amide bonds. The lowest BCUT2D eigenvalue weighted by molar-refractivity contribution is -0.435. The molecule has 0 fully saturated rings. The lowest BCUT2D eigenvalue weighted by Gasteiger charge is -2.32. The molecule has 0 bridgehead atoms. The lowest BCUT2D eigenvalue weighted by atomic mass is 9.73. The first-order chi connectivity index (χ1) is 29.9. The molecule has 1 N–H and O–H groups in total. The van der Waals surface area contributed by atoms with Gasteiger partial charge in [-0.1, -0.05) is 83.9 Å². The second kappa shape index (κ2) is 18.1. The van der Waals surface area contributed by atoms with Gasteiger partial charge >= 0.3 is 11.9 Å². The fourth-order valence-electron chi connectivity index (χ4n) is 9.43. The number of aliphatic carboxylic acids is 1. The predicted molar refractivity (Wildman–Crippen MR) is 244 cm³/mol. The number of nitriles is 1. The molecule has 0 spiro atoms.